The van der Waals surface area contributed by atoms with E-state index in [4.69, 9.17) is 34.5 Å². The highest BCUT2D eigenvalue weighted by molar-refractivity contribution is 5.84. The molecule has 0 saturated heterocycles. The van der Waals surface area contributed by atoms with Crippen molar-refractivity contribution in [2.24, 2.45) is 5.73 Å². The Labute approximate surface area is 343 Å². The number of nitrogens with one attached hydrogen (secondary N) is 3. The van der Waals surface area contributed by atoms with Gasteiger partial charge in [-0.05, 0) is 52.9 Å². The first-order chi connectivity index (χ1) is 27.4. The molecule has 6 N–H and O–H groups in total. The highest BCUT2D eigenvalue weighted by Crippen LogP contribution is 2.15. The molecule has 0 heterocycles. The lowest BCUT2D eigenvalue weighted by Crippen LogP contribution is -2.44. The van der Waals surface area contributed by atoms with Crippen LogP contribution in [0.15, 0.2) is 0 Å². The maximum Gasteiger partial charge on any atom is 0.329 e. The SMILES string of the molecule is CC(C)(C)OC(=O)C(CCCCNC(=O)CCOCCOCCNC(=O)CCOCCOCCN)NC(=O)CCCCCCCCCCCCCCCCC(=O)O. The lowest BCUT2D eigenvalue weighted by atomic mass is 10.0. The normalized spacial score (nSPS) is 11.9. The molecule has 0 aliphatic heterocycles. The number of carboxylic acids is 1. The summed E-state index contributed by atoms with van der Waals surface area (Å²) in [5.41, 5.74) is 4.67. The molecule has 0 aromatic heterocycles. The number of hydrogen-bond donors (Lipinski definition) is 5. The van der Waals surface area contributed by atoms with E-state index in [1.807, 2.05) is 0 Å². The minimum Gasteiger partial charge on any atom is -0.481 e. The molecular formula is C42H80N4O11. The van der Waals surface area contributed by atoms with Crippen LogP contribution in [0.4, 0.5) is 0 Å². The van der Waals surface area contributed by atoms with Gasteiger partial charge in [0.15, 0.2) is 0 Å². The van der Waals surface area contributed by atoms with Crippen molar-refractivity contribution in [2.45, 2.75) is 167 Å². The highest BCUT2D eigenvalue weighted by atomic mass is 16.6. The van der Waals surface area contributed by atoms with Crippen molar-refractivity contribution < 1.29 is 52.8 Å². The fourth-order valence-electron chi connectivity index (χ4n) is 5.77. The van der Waals surface area contributed by atoms with Crippen molar-refractivity contribution in [3.05, 3.63) is 0 Å². The van der Waals surface area contributed by atoms with Crippen LogP contribution >= 0.6 is 0 Å². The minimum atomic E-state index is -0.728. The average molecular weight is 817 g/mol. The van der Waals surface area contributed by atoms with Crippen LogP contribution in [-0.2, 0) is 47.7 Å². The third-order valence-corrected chi connectivity index (χ3v) is 8.83. The number of carboxylic acid groups (broad SMARTS) is 1. The number of nitrogens with two attached hydrogens (primary N) is 1. The molecule has 0 radical (unpaired) electrons. The maximum atomic E-state index is 12.9. The molecule has 1 atom stereocenters. The lowest BCUT2D eigenvalue weighted by molar-refractivity contribution is -0.159. The first-order valence-corrected chi connectivity index (χ1v) is 21.7. The third kappa shape index (κ3) is 41.1. The van der Waals surface area contributed by atoms with Gasteiger partial charge in [0, 0.05) is 45.3 Å². The quantitative estimate of drug-likeness (QED) is 0.0391. The second kappa shape index (κ2) is 38.7. The zero-order valence-electron chi connectivity index (χ0n) is 35.8. The van der Waals surface area contributed by atoms with Crippen molar-refractivity contribution >= 4 is 29.7 Å². The van der Waals surface area contributed by atoms with E-state index in [9.17, 15) is 24.0 Å². The first-order valence-electron chi connectivity index (χ1n) is 21.7. The van der Waals surface area contributed by atoms with Crippen LogP contribution in [0.25, 0.3) is 0 Å². The molecule has 15 nitrogen and oxygen atoms in total. The Hall–Kier alpha value is -2.85. The van der Waals surface area contributed by atoms with Gasteiger partial charge >= 0.3 is 11.9 Å². The van der Waals surface area contributed by atoms with Crippen LogP contribution in [0.3, 0.4) is 0 Å². The van der Waals surface area contributed by atoms with Gasteiger partial charge in [-0.3, -0.25) is 19.2 Å². The summed E-state index contributed by atoms with van der Waals surface area (Å²) in [6, 6.07) is -0.728. The Morgan fingerprint density at radius 3 is 1.42 bits per heavy atom. The van der Waals surface area contributed by atoms with Crippen LogP contribution in [0.1, 0.15) is 156 Å². The Balaban J connectivity index is 3.94. The Morgan fingerprint density at radius 2 is 0.947 bits per heavy atom. The van der Waals surface area contributed by atoms with E-state index in [-0.39, 0.29) is 43.6 Å². The summed E-state index contributed by atoms with van der Waals surface area (Å²) in [5.74, 6) is -1.53. The summed E-state index contributed by atoms with van der Waals surface area (Å²) in [6.07, 6.45) is 18.5. The number of carbonyl (C=O) groups excluding carboxylic acids is 4. The monoisotopic (exact) mass is 817 g/mol. The van der Waals surface area contributed by atoms with E-state index in [1.165, 1.54) is 51.4 Å². The second-order valence-corrected chi connectivity index (χ2v) is 15.4. The summed E-state index contributed by atoms with van der Waals surface area (Å²) in [7, 11) is 0. The van der Waals surface area contributed by atoms with Crippen LogP contribution in [0.5, 0.6) is 0 Å². The van der Waals surface area contributed by atoms with Gasteiger partial charge in [-0.2, -0.15) is 0 Å². The van der Waals surface area contributed by atoms with Crippen molar-refractivity contribution in [2.75, 3.05) is 72.5 Å². The molecule has 3 amide bonds. The summed E-state index contributed by atoms with van der Waals surface area (Å²) < 4.78 is 27.0. The predicted molar refractivity (Wildman–Crippen MR) is 221 cm³/mol. The molecular weight excluding hydrogens is 736 g/mol. The number of aliphatic carboxylic acids is 1. The van der Waals surface area contributed by atoms with Gasteiger partial charge in [-0.25, -0.2) is 4.79 Å². The smallest absolute Gasteiger partial charge is 0.329 e. The predicted octanol–water partition coefficient (Wildman–Crippen LogP) is 5.35. The first kappa shape index (κ1) is 54.2. The summed E-state index contributed by atoms with van der Waals surface area (Å²) in [5, 5.41) is 17.2. The van der Waals surface area contributed by atoms with Gasteiger partial charge < -0.3 is 50.5 Å². The fourth-order valence-corrected chi connectivity index (χ4v) is 5.77. The lowest BCUT2D eigenvalue weighted by Gasteiger charge is -2.24. The van der Waals surface area contributed by atoms with Crippen LogP contribution in [0.2, 0.25) is 0 Å². The van der Waals surface area contributed by atoms with E-state index < -0.39 is 23.6 Å². The van der Waals surface area contributed by atoms with Gasteiger partial charge in [-0.1, -0.05) is 77.0 Å². The Morgan fingerprint density at radius 1 is 0.509 bits per heavy atom. The summed E-state index contributed by atoms with van der Waals surface area (Å²) in [4.78, 5) is 60.1. The van der Waals surface area contributed by atoms with E-state index in [1.54, 1.807) is 20.8 Å². The molecule has 0 aliphatic rings. The number of esters is 1. The van der Waals surface area contributed by atoms with Crippen molar-refractivity contribution in [3.63, 3.8) is 0 Å². The summed E-state index contributed by atoms with van der Waals surface area (Å²) >= 11 is 0. The molecule has 57 heavy (non-hydrogen) atoms. The van der Waals surface area contributed by atoms with Crippen LogP contribution in [-0.4, -0.2) is 119 Å². The molecule has 1 unspecified atom stereocenters. The van der Waals surface area contributed by atoms with Crippen LogP contribution < -0.4 is 21.7 Å². The van der Waals surface area contributed by atoms with Crippen LogP contribution in [0, 0.1) is 0 Å². The van der Waals surface area contributed by atoms with E-state index in [0.29, 0.717) is 91.6 Å². The standard InChI is InChI=1S/C42H80N4O11/c1-42(2,3)57-41(52)36(46-39(49)21-16-14-12-10-8-6-4-5-7-9-11-13-15-17-22-40(50)51)20-18-19-26-44-37(47)23-28-54-33-35-56-31-27-45-38(48)24-29-53-32-34-55-30-25-43/h36H,4-35,43H2,1-3H3,(H,44,47)(H,45,48)(H,46,49)(H,50,51). The van der Waals surface area contributed by atoms with E-state index >= 15 is 0 Å². The molecule has 0 bridgehead atoms. The zero-order valence-corrected chi connectivity index (χ0v) is 35.8. The minimum absolute atomic E-state index is 0.114. The highest BCUT2D eigenvalue weighted by Gasteiger charge is 2.26. The molecule has 0 aromatic rings. The number of rotatable bonds is 41. The molecule has 0 aromatic carbocycles. The molecule has 0 rings (SSSR count). The molecule has 334 valence electrons. The largest absolute Gasteiger partial charge is 0.481 e. The Kier molecular flexibility index (Phi) is 36.7. The van der Waals surface area contributed by atoms with Crippen molar-refractivity contribution in [1.29, 1.82) is 0 Å². The molecule has 0 aliphatic carbocycles. The van der Waals surface area contributed by atoms with Gasteiger partial charge in [0.1, 0.15) is 11.6 Å². The Bertz CT molecular complexity index is 1030. The van der Waals surface area contributed by atoms with Gasteiger partial charge in [0.2, 0.25) is 17.7 Å². The van der Waals surface area contributed by atoms with Gasteiger partial charge in [-0.15, -0.1) is 0 Å². The average Bonchev–Trinajstić information content (AvgIpc) is 3.15. The number of carbonyl (C=O) groups is 5. The molecule has 0 saturated carbocycles. The van der Waals surface area contributed by atoms with E-state index in [0.717, 1.165) is 38.5 Å². The van der Waals surface area contributed by atoms with Gasteiger partial charge in [0.05, 0.1) is 52.9 Å². The zero-order chi connectivity index (χ0) is 42.2. The summed E-state index contributed by atoms with van der Waals surface area (Å²) in [6.45, 7) is 9.71. The molecule has 0 spiro atoms. The maximum absolute atomic E-state index is 12.9. The van der Waals surface area contributed by atoms with E-state index in [2.05, 4.69) is 16.0 Å². The molecule has 0 fully saturated rings. The van der Waals surface area contributed by atoms with Crippen molar-refractivity contribution in [3.8, 4) is 0 Å². The number of hydrogen-bond acceptors (Lipinski definition) is 11. The topological polar surface area (TPSA) is 214 Å². The molecule has 15 heteroatoms. The second-order valence-electron chi connectivity index (χ2n) is 15.4. The van der Waals surface area contributed by atoms with Gasteiger partial charge in [0.25, 0.3) is 0 Å². The fraction of sp³-hybridized carbons (Fsp3) is 0.881. The number of ether oxygens (including phenoxy) is 5. The van der Waals surface area contributed by atoms with Crippen molar-refractivity contribution in [1.82, 2.24) is 16.0 Å². The third-order valence-electron chi connectivity index (χ3n) is 8.83. The number of unbranched alkanes of at least 4 members (excludes halogenated alkanes) is 14. The number of amides is 3.